The van der Waals surface area contributed by atoms with Gasteiger partial charge >= 0.3 is 0 Å². The maximum atomic E-state index is 6.27. The quantitative estimate of drug-likeness (QED) is 0.720. The minimum Gasteiger partial charge on any atom is -0.360 e. The summed E-state index contributed by atoms with van der Waals surface area (Å²) in [6.45, 7) is 10.7. The molecule has 2 rings (SSSR count). The molecular formula is C16H20Cl2N2O. The van der Waals surface area contributed by atoms with E-state index in [-0.39, 0.29) is 11.3 Å². The van der Waals surface area contributed by atoms with Gasteiger partial charge in [-0.1, -0.05) is 63.0 Å². The molecule has 0 saturated heterocycles. The Bertz CT molecular complexity index is 622. The fraction of sp³-hybridized carbons (Fsp3) is 0.500. The SMILES string of the molecule is CC(C)c1onc(-c2c(Cl)cncc2Cl)c1CC(C)(C)C. The molecule has 0 aliphatic heterocycles. The van der Waals surface area contributed by atoms with Gasteiger partial charge in [0.15, 0.2) is 0 Å². The third-order valence-electron chi connectivity index (χ3n) is 3.14. The molecule has 3 nitrogen and oxygen atoms in total. The van der Waals surface area contributed by atoms with Crippen molar-refractivity contribution in [1.82, 2.24) is 10.1 Å². The first-order valence-corrected chi connectivity index (χ1v) is 7.74. The molecule has 0 atom stereocenters. The Labute approximate surface area is 135 Å². The van der Waals surface area contributed by atoms with Crippen molar-refractivity contribution in [3.05, 3.63) is 33.8 Å². The van der Waals surface area contributed by atoms with Crippen LogP contribution in [-0.4, -0.2) is 10.1 Å². The number of hydrogen-bond donors (Lipinski definition) is 0. The van der Waals surface area contributed by atoms with Gasteiger partial charge in [0.1, 0.15) is 11.5 Å². The first-order valence-electron chi connectivity index (χ1n) is 6.98. The maximum Gasteiger partial charge on any atom is 0.143 e. The molecule has 5 heteroatoms. The van der Waals surface area contributed by atoms with Crippen molar-refractivity contribution in [2.75, 3.05) is 0 Å². The number of hydrogen-bond acceptors (Lipinski definition) is 3. The summed E-state index contributed by atoms with van der Waals surface area (Å²) in [4.78, 5) is 3.99. The van der Waals surface area contributed by atoms with Crippen LogP contribution in [0.5, 0.6) is 0 Å². The van der Waals surface area contributed by atoms with Gasteiger partial charge in [-0.25, -0.2) is 0 Å². The Morgan fingerprint density at radius 2 is 1.71 bits per heavy atom. The zero-order valence-corrected chi connectivity index (χ0v) is 14.5. The summed E-state index contributed by atoms with van der Waals surface area (Å²) in [6.07, 6.45) is 4.00. The number of aromatic nitrogens is 2. The van der Waals surface area contributed by atoms with Crippen LogP contribution in [0.25, 0.3) is 11.3 Å². The first-order chi connectivity index (χ1) is 9.70. The van der Waals surface area contributed by atoms with Crippen LogP contribution in [0.3, 0.4) is 0 Å². The van der Waals surface area contributed by atoms with Crippen molar-refractivity contribution < 1.29 is 4.52 Å². The summed E-state index contributed by atoms with van der Waals surface area (Å²) in [5.74, 6) is 1.15. The monoisotopic (exact) mass is 326 g/mol. The van der Waals surface area contributed by atoms with Crippen LogP contribution in [0, 0.1) is 5.41 Å². The van der Waals surface area contributed by atoms with Crippen molar-refractivity contribution in [2.45, 2.75) is 47.0 Å². The molecule has 0 unspecified atom stereocenters. The van der Waals surface area contributed by atoms with E-state index in [0.29, 0.717) is 15.6 Å². The lowest BCUT2D eigenvalue weighted by atomic mass is 9.85. The lowest BCUT2D eigenvalue weighted by Crippen LogP contribution is -2.11. The van der Waals surface area contributed by atoms with Gasteiger partial charge in [0.05, 0.1) is 10.0 Å². The molecule has 0 spiro atoms. The third-order valence-corrected chi connectivity index (χ3v) is 3.71. The largest absolute Gasteiger partial charge is 0.360 e. The molecule has 0 N–H and O–H groups in total. The zero-order valence-electron chi connectivity index (χ0n) is 13.0. The molecule has 0 aliphatic carbocycles. The van der Waals surface area contributed by atoms with Gasteiger partial charge in [0.25, 0.3) is 0 Å². The van der Waals surface area contributed by atoms with E-state index in [2.05, 4.69) is 44.8 Å². The second-order valence-electron chi connectivity index (χ2n) is 6.74. The normalized spacial score (nSPS) is 12.2. The summed E-state index contributed by atoms with van der Waals surface area (Å²) in [7, 11) is 0. The van der Waals surface area contributed by atoms with Crippen LogP contribution < -0.4 is 0 Å². The molecule has 0 fully saturated rings. The summed E-state index contributed by atoms with van der Waals surface area (Å²) in [6, 6.07) is 0. The molecule has 0 bridgehead atoms. The first kappa shape index (κ1) is 16.3. The van der Waals surface area contributed by atoms with E-state index < -0.39 is 0 Å². The fourth-order valence-corrected chi connectivity index (χ4v) is 2.85. The van der Waals surface area contributed by atoms with Gasteiger partial charge in [-0.2, -0.15) is 0 Å². The number of pyridine rings is 1. The average molecular weight is 327 g/mol. The molecule has 0 amide bonds. The van der Waals surface area contributed by atoms with E-state index in [1.54, 1.807) is 12.4 Å². The minimum atomic E-state index is 0.107. The summed E-state index contributed by atoms with van der Waals surface area (Å²) in [5.41, 5.74) is 2.61. The van der Waals surface area contributed by atoms with Crippen LogP contribution in [0.4, 0.5) is 0 Å². The lowest BCUT2D eigenvalue weighted by molar-refractivity contribution is 0.362. The Balaban J connectivity index is 2.64. The lowest BCUT2D eigenvalue weighted by Gasteiger charge is -2.19. The Hall–Kier alpha value is -1.06. The second kappa shape index (κ2) is 5.98. The Morgan fingerprint density at radius 3 is 2.19 bits per heavy atom. The molecule has 0 aromatic carbocycles. The highest BCUT2D eigenvalue weighted by Crippen LogP contribution is 2.40. The number of halogens is 2. The predicted octanol–water partition coefficient (Wildman–Crippen LogP) is 5.76. The molecular weight excluding hydrogens is 307 g/mol. The summed E-state index contributed by atoms with van der Waals surface area (Å²) in [5, 5.41) is 5.22. The van der Waals surface area contributed by atoms with E-state index in [1.165, 1.54) is 0 Å². The Morgan fingerprint density at radius 1 is 1.14 bits per heavy atom. The van der Waals surface area contributed by atoms with Crippen LogP contribution >= 0.6 is 23.2 Å². The van der Waals surface area contributed by atoms with Crippen LogP contribution in [0.1, 0.15) is 51.9 Å². The van der Waals surface area contributed by atoms with Gasteiger partial charge in [-0.05, 0) is 11.8 Å². The van der Waals surface area contributed by atoms with Crippen molar-refractivity contribution in [2.24, 2.45) is 5.41 Å². The highest BCUT2D eigenvalue weighted by Gasteiger charge is 2.26. The topological polar surface area (TPSA) is 38.9 Å². The van der Waals surface area contributed by atoms with Crippen molar-refractivity contribution in [3.63, 3.8) is 0 Å². The van der Waals surface area contributed by atoms with Crippen LogP contribution in [-0.2, 0) is 6.42 Å². The molecule has 2 aromatic rings. The summed E-state index contributed by atoms with van der Waals surface area (Å²) < 4.78 is 5.58. The third kappa shape index (κ3) is 3.58. The molecule has 2 heterocycles. The molecule has 0 saturated carbocycles. The van der Waals surface area contributed by atoms with Gasteiger partial charge in [0, 0.05) is 29.4 Å². The predicted molar refractivity (Wildman–Crippen MR) is 87.0 cm³/mol. The van der Waals surface area contributed by atoms with Crippen LogP contribution in [0.15, 0.2) is 16.9 Å². The molecule has 114 valence electrons. The van der Waals surface area contributed by atoms with E-state index in [4.69, 9.17) is 27.7 Å². The van der Waals surface area contributed by atoms with Crippen molar-refractivity contribution in [3.8, 4) is 11.3 Å². The maximum absolute atomic E-state index is 6.27. The fourth-order valence-electron chi connectivity index (χ4n) is 2.31. The molecule has 0 radical (unpaired) electrons. The molecule has 0 aliphatic rings. The highest BCUT2D eigenvalue weighted by atomic mass is 35.5. The number of nitrogens with zero attached hydrogens (tertiary/aromatic N) is 2. The van der Waals surface area contributed by atoms with Gasteiger partial charge in [-0.3, -0.25) is 4.98 Å². The highest BCUT2D eigenvalue weighted by molar-refractivity contribution is 6.38. The van der Waals surface area contributed by atoms with E-state index >= 15 is 0 Å². The van der Waals surface area contributed by atoms with Crippen LogP contribution in [0.2, 0.25) is 10.0 Å². The van der Waals surface area contributed by atoms with E-state index in [0.717, 1.165) is 23.4 Å². The zero-order chi connectivity index (χ0) is 15.8. The van der Waals surface area contributed by atoms with Gasteiger partial charge in [-0.15, -0.1) is 0 Å². The van der Waals surface area contributed by atoms with Gasteiger partial charge in [0.2, 0.25) is 0 Å². The average Bonchev–Trinajstić information content (AvgIpc) is 2.70. The number of rotatable bonds is 3. The summed E-state index contributed by atoms with van der Waals surface area (Å²) >= 11 is 12.5. The van der Waals surface area contributed by atoms with Crippen molar-refractivity contribution >= 4 is 23.2 Å². The van der Waals surface area contributed by atoms with E-state index in [9.17, 15) is 0 Å². The van der Waals surface area contributed by atoms with Gasteiger partial charge < -0.3 is 4.52 Å². The smallest absolute Gasteiger partial charge is 0.143 e. The van der Waals surface area contributed by atoms with E-state index in [1.807, 2.05) is 0 Å². The van der Waals surface area contributed by atoms with Crippen molar-refractivity contribution in [1.29, 1.82) is 0 Å². The molecule has 21 heavy (non-hydrogen) atoms. The molecule has 2 aromatic heterocycles. The Kier molecular flexibility index (Phi) is 4.64. The standard InChI is InChI=1S/C16H20Cl2N2O/c1-9(2)15-10(6-16(3,4)5)14(20-21-15)13-11(17)7-19-8-12(13)18/h7-9H,6H2,1-5H3. The second-order valence-corrected chi connectivity index (χ2v) is 7.56. The minimum absolute atomic E-state index is 0.107.